The quantitative estimate of drug-likeness (QED) is 0.519. The third-order valence-electron chi connectivity index (χ3n) is 4.31. The Morgan fingerprint density at radius 2 is 1.79 bits per heavy atom. The van der Waals surface area contributed by atoms with Crippen LogP contribution in [-0.4, -0.2) is 50.7 Å². The number of aryl methyl sites for hydroxylation is 1. The molecule has 0 bridgehead atoms. The zero-order valence-corrected chi connectivity index (χ0v) is 18.1. The average Bonchev–Trinajstić information content (AvgIpc) is 2.70. The van der Waals surface area contributed by atoms with Crippen LogP contribution in [0, 0.1) is 6.92 Å². The van der Waals surface area contributed by atoms with E-state index in [9.17, 15) is 4.79 Å². The summed E-state index contributed by atoms with van der Waals surface area (Å²) in [5.74, 6) is 1.07. The van der Waals surface area contributed by atoms with Gasteiger partial charge in [-0.25, -0.2) is 0 Å². The average molecular weight is 399 g/mol. The summed E-state index contributed by atoms with van der Waals surface area (Å²) in [6, 6.07) is 13.5. The highest BCUT2D eigenvalue weighted by molar-refractivity contribution is 6.01. The van der Waals surface area contributed by atoms with Crippen molar-refractivity contribution < 1.29 is 19.0 Å². The fourth-order valence-electron chi connectivity index (χ4n) is 2.77. The number of ether oxygens (including phenoxy) is 3. The number of nitrogens with zero attached hydrogens (tertiary/aromatic N) is 2. The number of amides is 1. The van der Waals surface area contributed by atoms with Crippen molar-refractivity contribution in [2.24, 2.45) is 4.99 Å². The van der Waals surface area contributed by atoms with E-state index in [0.717, 1.165) is 17.5 Å². The van der Waals surface area contributed by atoms with Crippen LogP contribution in [0.3, 0.4) is 0 Å². The SMILES string of the molecule is COc1ccc(CCN(C)C(=NC(=O)c2cccc(C)c2)OC(C)C)cc1OC. The Kier molecular flexibility index (Phi) is 8.07. The van der Waals surface area contributed by atoms with Gasteiger partial charge in [0.25, 0.3) is 11.9 Å². The normalized spacial score (nSPS) is 11.3. The monoisotopic (exact) mass is 398 g/mol. The van der Waals surface area contributed by atoms with Gasteiger partial charge in [-0.1, -0.05) is 23.8 Å². The fourth-order valence-corrected chi connectivity index (χ4v) is 2.77. The Morgan fingerprint density at radius 3 is 2.41 bits per heavy atom. The van der Waals surface area contributed by atoms with Gasteiger partial charge >= 0.3 is 0 Å². The summed E-state index contributed by atoms with van der Waals surface area (Å²) in [7, 11) is 5.10. The first kappa shape index (κ1) is 22.3. The molecule has 0 saturated heterocycles. The zero-order valence-electron chi connectivity index (χ0n) is 18.1. The van der Waals surface area contributed by atoms with E-state index in [1.165, 1.54) is 0 Å². The predicted octanol–water partition coefficient (Wildman–Crippen LogP) is 4.11. The van der Waals surface area contributed by atoms with Crippen LogP contribution in [0.5, 0.6) is 11.5 Å². The van der Waals surface area contributed by atoms with Crippen molar-refractivity contribution in [3.63, 3.8) is 0 Å². The van der Waals surface area contributed by atoms with Gasteiger partial charge in [0.2, 0.25) is 0 Å². The van der Waals surface area contributed by atoms with Crippen molar-refractivity contribution in [1.82, 2.24) is 4.90 Å². The van der Waals surface area contributed by atoms with Crippen LogP contribution in [0.1, 0.15) is 35.3 Å². The molecule has 0 saturated carbocycles. The number of amidine groups is 1. The maximum absolute atomic E-state index is 12.6. The molecule has 0 atom stereocenters. The lowest BCUT2D eigenvalue weighted by Gasteiger charge is -2.23. The predicted molar refractivity (Wildman–Crippen MR) is 115 cm³/mol. The van der Waals surface area contributed by atoms with Crippen molar-refractivity contribution in [1.29, 1.82) is 0 Å². The molecule has 0 N–H and O–H groups in total. The smallest absolute Gasteiger partial charge is 0.295 e. The molecule has 2 aromatic carbocycles. The minimum atomic E-state index is -0.317. The topological polar surface area (TPSA) is 60.4 Å². The second-order valence-corrected chi connectivity index (χ2v) is 7.10. The van der Waals surface area contributed by atoms with Gasteiger partial charge in [0, 0.05) is 19.2 Å². The Balaban J connectivity index is 2.14. The van der Waals surface area contributed by atoms with Gasteiger partial charge in [-0.3, -0.25) is 4.79 Å². The van der Waals surface area contributed by atoms with Crippen molar-refractivity contribution in [3.8, 4) is 11.5 Å². The maximum atomic E-state index is 12.6. The number of hydrogen-bond donors (Lipinski definition) is 0. The number of methoxy groups -OCH3 is 2. The molecule has 0 aliphatic carbocycles. The highest BCUT2D eigenvalue weighted by Crippen LogP contribution is 2.27. The van der Waals surface area contributed by atoms with Gasteiger partial charge in [-0.2, -0.15) is 4.99 Å². The third kappa shape index (κ3) is 6.52. The molecule has 6 nitrogen and oxygen atoms in total. The standard InChI is InChI=1S/C23H30N2O4/c1-16(2)29-23(24-22(26)19-9-7-8-17(3)14-19)25(4)13-12-18-10-11-20(27-5)21(15-18)28-6/h7-11,14-16H,12-13H2,1-6H3. The summed E-state index contributed by atoms with van der Waals surface area (Å²) in [5, 5.41) is 0. The lowest BCUT2D eigenvalue weighted by Crippen LogP contribution is -2.33. The minimum Gasteiger partial charge on any atom is -0.493 e. The van der Waals surface area contributed by atoms with Gasteiger partial charge in [0.05, 0.1) is 20.3 Å². The van der Waals surface area contributed by atoms with E-state index in [2.05, 4.69) is 4.99 Å². The summed E-state index contributed by atoms with van der Waals surface area (Å²) in [6.45, 7) is 6.40. The molecule has 0 heterocycles. The highest BCUT2D eigenvalue weighted by atomic mass is 16.5. The first-order chi connectivity index (χ1) is 13.8. The van der Waals surface area contributed by atoms with Crippen molar-refractivity contribution in [2.75, 3.05) is 27.8 Å². The first-order valence-corrected chi connectivity index (χ1v) is 9.62. The van der Waals surface area contributed by atoms with Crippen LogP contribution in [0.15, 0.2) is 47.5 Å². The number of aliphatic imine (C=N–C) groups is 1. The highest BCUT2D eigenvalue weighted by Gasteiger charge is 2.15. The number of rotatable bonds is 7. The van der Waals surface area contributed by atoms with Crippen molar-refractivity contribution >= 4 is 11.9 Å². The van der Waals surface area contributed by atoms with Gasteiger partial charge in [-0.05, 0) is 57.0 Å². The van der Waals surface area contributed by atoms with E-state index < -0.39 is 0 Å². The molecule has 0 spiro atoms. The maximum Gasteiger partial charge on any atom is 0.295 e. The largest absolute Gasteiger partial charge is 0.493 e. The molecule has 156 valence electrons. The van der Waals surface area contributed by atoms with Gasteiger partial charge < -0.3 is 19.1 Å². The molecule has 2 rings (SSSR count). The molecule has 0 aliphatic rings. The molecule has 0 aliphatic heterocycles. The van der Waals surface area contributed by atoms with Crippen LogP contribution in [0.25, 0.3) is 0 Å². The van der Waals surface area contributed by atoms with Gasteiger partial charge in [-0.15, -0.1) is 0 Å². The summed E-state index contributed by atoms with van der Waals surface area (Å²) in [5.41, 5.74) is 2.64. The van der Waals surface area contributed by atoms with E-state index >= 15 is 0 Å². The Bertz CT molecular complexity index is 862. The Morgan fingerprint density at radius 1 is 1.07 bits per heavy atom. The van der Waals surface area contributed by atoms with Crippen molar-refractivity contribution in [3.05, 3.63) is 59.2 Å². The minimum absolute atomic E-state index is 0.0948. The van der Waals surface area contributed by atoms with E-state index in [0.29, 0.717) is 29.6 Å². The van der Waals surface area contributed by atoms with Gasteiger partial charge in [0.1, 0.15) is 0 Å². The van der Waals surface area contributed by atoms with E-state index in [-0.39, 0.29) is 12.0 Å². The molecule has 0 radical (unpaired) electrons. The number of benzene rings is 2. The number of carbonyl (C=O) groups is 1. The molecule has 2 aromatic rings. The molecule has 0 unspecified atom stereocenters. The molecule has 1 amide bonds. The molecular weight excluding hydrogens is 368 g/mol. The van der Waals surface area contributed by atoms with Crippen molar-refractivity contribution in [2.45, 2.75) is 33.3 Å². The lowest BCUT2D eigenvalue weighted by atomic mass is 10.1. The zero-order chi connectivity index (χ0) is 21.4. The lowest BCUT2D eigenvalue weighted by molar-refractivity contribution is 0.0990. The third-order valence-corrected chi connectivity index (χ3v) is 4.31. The second kappa shape index (κ2) is 10.5. The summed E-state index contributed by atoms with van der Waals surface area (Å²) in [4.78, 5) is 18.7. The molecule has 29 heavy (non-hydrogen) atoms. The molecule has 6 heteroatoms. The van der Waals surface area contributed by atoms with E-state index in [4.69, 9.17) is 14.2 Å². The summed E-state index contributed by atoms with van der Waals surface area (Å²) in [6.07, 6.45) is 0.637. The van der Waals surface area contributed by atoms with Gasteiger partial charge in [0.15, 0.2) is 11.5 Å². The van der Waals surface area contributed by atoms with E-state index in [1.54, 1.807) is 20.3 Å². The molecular formula is C23H30N2O4. The Labute approximate surface area is 173 Å². The van der Waals surface area contributed by atoms with Crippen LogP contribution in [0.2, 0.25) is 0 Å². The van der Waals surface area contributed by atoms with Crippen LogP contribution >= 0.6 is 0 Å². The molecule has 0 fully saturated rings. The fraction of sp³-hybridized carbons (Fsp3) is 0.391. The summed E-state index contributed by atoms with van der Waals surface area (Å²) >= 11 is 0. The number of likely N-dealkylation sites (N-methyl/N-ethyl adjacent to an activating group) is 1. The number of hydrogen-bond acceptors (Lipinski definition) is 4. The second-order valence-electron chi connectivity index (χ2n) is 7.10. The first-order valence-electron chi connectivity index (χ1n) is 9.62. The van der Waals surface area contributed by atoms with E-state index in [1.807, 2.05) is 69.1 Å². The number of carbonyl (C=O) groups excluding carboxylic acids is 1. The molecule has 0 aromatic heterocycles. The van der Waals surface area contributed by atoms with Crippen LogP contribution in [-0.2, 0) is 11.2 Å². The Hall–Kier alpha value is -3.02. The van der Waals surface area contributed by atoms with Crippen LogP contribution < -0.4 is 9.47 Å². The summed E-state index contributed by atoms with van der Waals surface area (Å²) < 4.78 is 16.5. The van der Waals surface area contributed by atoms with Crippen LogP contribution in [0.4, 0.5) is 0 Å².